The van der Waals surface area contributed by atoms with Crippen LogP contribution in [0.15, 0.2) is 12.1 Å². The quantitative estimate of drug-likeness (QED) is 0.835. The number of carbonyl (C=O) groups excluding carboxylic acids is 2. The van der Waals surface area contributed by atoms with Gasteiger partial charge in [0.15, 0.2) is 0 Å². The first-order valence-electron chi connectivity index (χ1n) is 7.10. The molecule has 1 N–H and O–H groups in total. The molecule has 1 unspecified atom stereocenters. The third-order valence-electron chi connectivity index (χ3n) is 3.57. The summed E-state index contributed by atoms with van der Waals surface area (Å²) >= 11 is 0. The van der Waals surface area contributed by atoms with Crippen molar-refractivity contribution in [3.8, 4) is 5.75 Å². The molecule has 0 bridgehead atoms. The minimum absolute atomic E-state index is 0.00161. The number of hydrogen-bond donors (Lipinski definition) is 1. The molecule has 1 atom stereocenters. The van der Waals surface area contributed by atoms with Crippen LogP contribution < -0.4 is 4.74 Å². The Morgan fingerprint density at radius 2 is 1.67 bits per heavy atom. The molecular weight excluding hydrogens is 270 g/mol. The number of imide groups is 1. The van der Waals surface area contributed by atoms with Gasteiger partial charge in [0, 0.05) is 12.8 Å². The summed E-state index contributed by atoms with van der Waals surface area (Å²) in [7, 11) is 0. The number of hydrogen-bond acceptors (Lipinski definition) is 4. The van der Waals surface area contributed by atoms with Gasteiger partial charge >= 0.3 is 0 Å². The van der Waals surface area contributed by atoms with Crippen LogP contribution in [0.5, 0.6) is 5.75 Å². The van der Waals surface area contributed by atoms with E-state index >= 15 is 0 Å². The Balaban J connectivity index is 1.94. The molecular formula is C16H21NO4. The van der Waals surface area contributed by atoms with E-state index in [0.717, 1.165) is 27.3 Å². The number of carbonyl (C=O) groups is 2. The lowest BCUT2D eigenvalue weighted by atomic mass is 10.1. The van der Waals surface area contributed by atoms with Crippen molar-refractivity contribution in [2.24, 2.45) is 0 Å². The van der Waals surface area contributed by atoms with E-state index in [2.05, 4.69) is 0 Å². The summed E-state index contributed by atoms with van der Waals surface area (Å²) in [5.74, 6) is 0.308. The zero-order valence-corrected chi connectivity index (χ0v) is 12.7. The molecule has 2 amide bonds. The molecule has 1 saturated heterocycles. The molecule has 0 aliphatic carbocycles. The molecule has 21 heavy (non-hydrogen) atoms. The van der Waals surface area contributed by atoms with Gasteiger partial charge in [0.25, 0.3) is 0 Å². The maximum absolute atomic E-state index is 11.5. The van der Waals surface area contributed by atoms with Crippen LogP contribution in [0.3, 0.4) is 0 Å². The molecule has 1 heterocycles. The predicted molar refractivity (Wildman–Crippen MR) is 78.1 cm³/mol. The Labute approximate surface area is 124 Å². The molecule has 5 heteroatoms. The van der Waals surface area contributed by atoms with Crippen molar-refractivity contribution in [1.29, 1.82) is 0 Å². The van der Waals surface area contributed by atoms with Gasteiger partial charge in [-0.2, -0.15) is 0 Å². The number of amides is 2. The summed E-state index contributed by atoms with van der Waals surface area (Å²) in [6.45, 7) is 5.98. The smallest absolute Gasteiger partial charge is 0.229 e. The van der Waals surface area contributed by atoms with Gasteiger partial charge in [-0.3, -0.25) is 14.5 Å². The van der Waals surface area contributed by atoms with E-state index < -0.39 is 6.10 Å². The van der Waals surface area contributed by atoms with Crippen molar-refractivity contribution in [2.45, 2.75) is 39.7 Å². The van der Waals surface area contributed by atoms with E-state index in [1.54, 1.807) is 0 Å². The largest absolute Gasteiger partial charge is 0.490 e. The monoisotopic (exact) mass is 291 g/mol. The van der Waals surface area contributed by atoms with E-state index in [1.807, 2.05) is 32.9 Å². The average molecular weight is 291 g/mol. The minimum atomic E-state index is -0.879. The van der Waals surface area contributed by atoms with Crippen LogP contribution in [0.2, 0.25) is 0 Å². The maximum Gasteiger partial charge on any atom is 0.229 e. The Hall–Kier alpha value is -1.88. The Bertz CT molecular complexity index is 528. The zero-order chi connectivity index (χ0) is 15.6. The summed E-state index contributed by atoms with van der Waals surface area (Å²) in [6.07, 6.45) is -0.401. The van der Waals surface area contributed by atoms with Crippen LogP contribution in [0, 0.1) is 20.8 Å². The maximum atomic E-state index is 11.5. The number of likely N-dealkylation sites (tertiary alicyclic amines) is 1. The standard InChI is InChI=1S/C16H21NO4/c1-10-6-11(2)16(12(3)7-10)21-9-13(18)8-17-14(19)4-5-15(17)20/h6-7,13,18H,4-5,8-9H2,1-3H3. The van der Waals surface area contributed by atoms with Crippen molar-refractivity contribution in [1.82, 2.24) is 4.90 Å². The van der Waals surface area contributed by atoms with E-state index in [-0.39, 0.29) is 37.8 Å². The van der Waals surface area contributed by atoms with Gasteiger partial charge < -0.3 is 9.84 Å². The Morgan fingerprint density at radius 1 is 1.14 bits per heavy atom. The van der Waals surface area contributed by atoms with Crippen molar-refractivity contribution in [3.63, 3.8) is 0 Å². The molecule has 0 saturated carbocycles. The van der Waals surface area contributed by atoms with E-state index in [1.165, 1.54) is 0 Å². The number of aliphatic hydroxyl groups excluding tert-OH is 1. The fourth-order valence-electron chi connectivity index (χ4n) is 2.66. The lowest BCUT2D eigenvalue weighted by Gasteiger charge is -2.20. The highest BCUT2D eigenvalue weighted by Gasteiger charge is 2.30. The molecule has 1 aromatic carbocycles. The first kappa shape index (κ1) is 15.5. The number of aryl methyl sites for hydroxylation is 3. The van der Waals surface area contributed by atoms with Crippen LogP contribution in [0.4, 0.5) is 0 Å². The van der Waals surface area contributed by atoms with Gasteiger partial charge in [0.2, 0.25) is 11.8 Å². The van der Waals surface area contributed by atoms with Gasteiger partial charge in [-0.15, -0.1) is 0 Å². The topological polar surface area (TPSA) is 66.8 Å². The van der Waals surface area contributed by atoms with Gasteiger partial charge in [-0.1, -0.05) is 17.7 Å². The first-order chi connectivity index (χ1) is 9.88. The number of ether oxygens (including phenoxy) is 1. The summed E-state index contributed by atoms with van der Waals surface area (Å²) in [6, 6.07) is 4.03. The third-order valence-corrected chi connectivity index (χ3v) is 3.57. The summed E-state index contributed by atoms with van der Waals surface area (Å²) < 4.78 is 5.67. The number of nitrogens with zero attached hydrogens (tertiary/aromatic N) is 1. The molecule has 1 aliphatic heterocycles. The summed E-state index contributed by atoms with van der Waals surface area (Å²) in [4.78, 5) is 24.1. The van der Waals surface area contributed by atoms with Crippen LogP contribution in [0.1, 0.15) is 29.5 Å². The predicted octanol–water partition coefficient (Wildman–Crippen LogP) is 1.50. The molecule has 1 aliphatic rings. The fraction of sp³-hybridized carbons (Fsp3) is 0.500. The first-order valence-corrected chi connectivity index (χ1v) is 7.10. The molecule has 0 aromatic heterocycles. The lowest BCUT2D eigenvalue weighted by Crippen LogP contribution is -2.38. The second-order valence-corrected chi connectivity index (χ2v) is 5.59. The normalized spacial score (nSPS) is 16.5. The number of benzene rings is 1. The summed E-state index contributed by atoms with van der Waals surface area (Å²) in [5.41, 5.74) is 3.17. The Kier molecular flexibility index (Phi) is 4.63. The molecule has 2 rings (SSSR count). The van der Waals surface area contributed by atoms with Gasteiger partial charge in [0.1, 0.15) is 18.5 Å². The number of β-amino-alcohol motifs (C(OH)–C–C–N with tert-alkyl or cyclic N) is 1. The molecule has 0 radical (unpaired) electrons. The molecule has 1 aromatic rings. The van der Waals surface area contributed by atoms with Crippen LogP contribution in [0.25, 0.3) is 0 Å². The molecule has 114 valence electrons. The van der Waals surface area contributed by atoms with Gasteiger partial charge in [-0.25, -0.2) is 0 Å². The lowest BCUT2D eigenvalue weighted by molar-refractivity contribution is -0.140. The van der Waals surface area contributed by atoms with E-state index in [9.17, 15) is 14.7 Å². The highest BCUT2D eigenvalue weighted by Crippen LogP contribution is 2.24. The van der Waals surface area contributed by atoms with Crippen LogP contribution in [-0.4, -0.2) is 41.1 Å². The van der Waals surface area contributed by atoms with Crippen molar-refractivity contribution in [2.75, 3.05) is 13.2 Å². The number of rotatable bonds is 5. The zero-order valence-electron chi connectivity index (χ0n) is 12.7. The molecule has 1 fully saturated rings. The second-order valence-electron chi connectivity index (χ2n) is 5.59. The highest BCUT2D eigenvalue weighted by atomic mass is 16.5. The molecule has 5 nitrogen and oxygen atoms in total. The van der Waals surface area contributed by atoms with E-state index in [4.69, 9.17) is 4.74 Å². The van der Waals surface area contributed by atoms with Crippen molar-refractivity contribution in [3.05, 3.63) is 28.8 Å². The van der Waals surface area contributed by atoms with Crippen molar-refractivity contribution >= 4 is 11.8 Å². The van der Waals surface area contributed by atoms with Crippen LogP contribution in [-0.2, 0) is 9.59 Å². The Morgan fingerprint density at radius 3 is 2.19 bits per heavy atom. The molecule has 0 spiro atoms. The SMILES string of the molecule is Cc1cc(C)c(OCC(O)CN2C(=O)CCC2=O)c(C)c1. The second kappa shape index (κ2) is 6.26. The highest BCUT2D eigenvalue weighted by molar-refractivity contribution is 6.01. The van der Waals surface area contributed by atoms with Gasteiger partial charge in [-0.05, 0) is 31.9 Å². The minimum Gasteiger partial charge on any atom is -0.490 e. The van der Waals surface area contributed by atoms with E-state index in [0.29, 0.717) is 0 Å². The third kappa shape index (κ3) is 3.61. The van der Waals surface area contributed by atoms with Gasteiger partial charge in [0.05, 0.1) is 6.54 Å². The van der Waals surface area contributed by atoms with Crippen molar-refractivity contribution < 1.29 is 19.4 Å². The number of aliphatic hydroxyl groups is 1. The summed E-state index contributed by atoms with van der Waals surface area (Å²) in [5, 5.41) is 9.97. The van der Waals surface area contributed by atoms with Crippen LogP contribution >= 0.6 is 0 Å². The average Bonchev–Trinajstić information content (AvgIpc) is 2.69. The fourth-order valence-corrected chi connectivity index (χ4v) is 2.66.